The summed E-state index contributed by atoms with van der Waals surface area (Å²) in [6, 6.07) is 7.90. The molecule has 2 aromatic rings. The highest BCUT2D eigenvalue weighted by Crippen LogP contribution is 2.26. The second-order valence-corrected chi connectivity index (χ2v) is 8.52. The van der Waals surface area contributed by atoms with Gasteiger partial charge in [0, 0.05) is 43.6 Å². The van der Waals surface area contributed by atoms with Gasteiger partial charge in [-0.05, 0) is 62.9 Å². The molecule has 0 aliphatic carbocycles. The minimum Gasteiger partial charge on any atom is -0.352 e. The summed E-state index contributed by atoms with van der Waals surface area (Å²) in [4.78, 5) is 57.2. The molecule has 166 valence electrons. The van der Waals surface area contributed by atoms with Crippen LogP contribution in [0.15, 0.2) is 42.7 Å². The predicted molar refractivity (Wildman–Crippen MR) is 117 cm³/mol. The molecule has 0 spiro atoms. The number of piperidine rings is 1. The molecule has 1 saturated heterocycles. The van der Waals surface area contributed by atoms with Crippen LogP contribution in [-0.4, -0.2) is 64.1 Å². The number of amides is 4. The van der Waals surface area contributed by atoms with Gasteiger partial charge in [-0.3, -0.25) is 29.1 Å². The molecule has 1 aromatic heterocycles. The van der Waals surface area contributed by atoms with E-state index in [9.17, 15) is 19.2 Å². The van der Waals surface area contributed by atoms with Crippen molar-refractivity contribution in [1.82, 2.24) is 20.1 Å². The van der Waals surface area contributed by atoms with Crippen LogP contribution in [0.25, 0.3) is 0 Å². The van der Waals surface area contributed by atoms with Gasteiger partial charge in [0.15, 0.2) is 0 Å². The minimum absolute atomic E-state index is 0.0200. The van der Waals surface area contributed by atoms with Gasteiger partial charge in [0.25, 0.3) is 23.6 Å². The fraction of sp³-hybridized carbons (Fsp3) is 0.375. The zero-order chi connectivity index (χ0) is 22.8. The first kappa shape index (κ1) is 21.7. The molecule has 32 heavy (non-hydrogen) atoms. The topological polar surface area (TPSA) is 99.7 Å². The molecular weight excluding hydrogens is 408 g/mol. The van der Waals surface area contributed by atoms with Crippen LogP contribution < -0.4 is 5.32 Å². The van der Waals surface area contributed by atoms with Gasteiger partial charge in [-0.2, -0.15) is 0 Å². The van der Waals surface area contributed by atoms with Crippen molar-refractivity contribution in [2.45, 2.75) is 32.7 Å². The second kappa shape index (κ2) is 8.90. The Balaban J connectivity index is 1.32. The van der Waals surface area contributed by atoms with Crippen LogP contribution >= 0.6 is 0 Å². The molecule has 0 saturated carbocycles. The number of hydrogen-bond donors (Lipinski definition) is 1. The van der Waals surface area contributed by atoms with Crippen molar-refractivity contribution in [3.8, 4) is 0 Å². The molecule has 1 fully saturated rings. The predicted octanol–water partition coefficient (Wildman–Crippen LogP) is 2.37. The molecule has 4 amide bonds. The number of nitrogens with one attached hydrogen (secondary N) is 1. The largest absolute Gasteiger partial charge is 0.352 e. The third kappa shape index (κ3) is 4.12. The lowest BCUT2D eigenvalue weighted by Gasteiger charge is -2.32. The summed E-state index contributed by atoms with van der Waals surface area (Å²) < 4.78 is 0. The SMILES string of the molecule is CC(C)N1C(=O)c2ccc(C(=O)NCC3CCN(C(=O)c4cccnc4)CC3)cc2C1=O. The molecule has 0 bridgehead atoms. The van der Waals surface area contributed by atoms with Crippen molar-refractivity contribution in [2.75, 3.05) is 19.6 Å². The van der Waals surface area contributed by atoms with Gasteiger partial charge in [0.05, 0.1) is 16.7 Å². The summed E-state index contributed by atoms with van der Waals surface area (Å²) in [5.74, 6) is -0.705. The summed E-state index contributed by atoms with van der Waals surface area (Å²) in [6.45, 7) is 5.33. The highest BCUT2D eigenvalue weighted by molar-refractivity contribution is 6.22. The number of likely N-dealkylation sites (tertiary alicyclic amines) is 1. The van der Waals surface area contributed by atoms with E-state index in [4.69, 9.17) is 0 Å². The minimum atomic E-state index is -0.361. The number of hydrogen-bond acceptors (Lipinski definition) is 5. The molecule has 0 radical (unpaired) electrons. The number of aromatic nitrogens is 1. The zero-order valence-electron chi connectivity index (χ0n) is 18.2. The molecule has 8 nitrogen and oxygen atoms in total. The molecule has 8 heteroatoms. The van der Waals surface area contributed by atoms with Gasteiger partial charge in [-0.1, -0.05) is 0 Å². The maximum atomic E-state index is 12.7. The second-order valence-electron chi connectivity index (χ2n) is 8.52. The van der Waals surface area contributed by atoms with Crippen LogP contribution in [0.1, 0.15) is 68.1 Å². The average Bonchev–Trinajstić information content (AvgIpc) is 3.07. The first-order valence-electron chi connectivity index (χ1n) is 10.9. The summed E-state index contributed by atoms with van der Waals surface area (Å²) in [7, 11) is 0. The van der Waals surface area contributed by atoms with Gasteiger partial charge < -0.3 is 10.2 Å². The van der Waals surface area contributed by atoms with Crippen LogP contribution in [0.3, 0.4) is 0 Å². The summed E-state index contributed by atoms with van der Waals surface area (Å²) >= 11 is 0. The maximum Gasteiger partial charge on any atom is 0.261 e. The number of carbonyl (C=O) groups is 4. The van der Waals surface area contributed by atoms with E-state index in [0.29, 0.717) is 36.3 Å². The molecular formula is C24H26N4O4. The van der Waals surface area contributed by atoms with E-state index < -0.39 is 0 Å². The van der Waals surface area contributed by atoms with Crippen molar-refractivity contribution in [2.24, 2.45) is 5.92 Å². The highest BCUT2D eigenvalue weighted by Gasteiger charge is 2.37. The Kier molecular flexibility index (Phi) is 6.03. The number of rotatable bonds is 5. The number of benzene rings is 1. The molecule has 2 aliphatic heterocycles. The number of nitrogens with zero attached hydrogens (tertiary/aromatic N) is 3. The van der Waals surface area contributed by atoms with E-state index >= 15 is 0 Å². The molecule has 0 unspecified atom stereocenters. The van der Waals surface area contributed by atoms with Gasteiger partial charge in [0.1, 0.15) is 0 Å². The Hall–Kier alpha value is -3.55. The first-order chi connectivity index (χ1) is 15.4. The van der Waals surface area contributed by atoms with Crippen molar-refractivity contribution in [1.29, 1.82) is 0 Å². The normalized spacial score (nSPS) is 16.5. The van der Waals surface area contributed by atoms with E-state index in [1.807, 2.05) is 4.90 Å². The fourth-order valence-electron chi connectivity index (χ4n) is 4.22. The molecule has 1 N–H and O–H groups in total. The van der Waals surface area contributed by atoms with Crippen molar-refractivity contribution < 1.29 is 19.2 Å². The Labute approximate surface area is 186 Å². The summed E-state index contributed by atoms with van der Waals surface area (Å²) in [5, 5.41) is 2.93. The Morgan fingerprint density at radius 1 is 1.06 bits per heavy atom. The number of imide groups is 1. The zero-order valence-corrected chi connectivity index (χ0v) is 18.2. The van der Waals surface area contributed by atoms with E-state index in [1.54, 1.807) is 50.5 Å². The quantitative estimate of drug-likeness (QED) is 0.729. The Morgan fingerprint density at radius 2 is 1.78 bits per heavy atom. The van der Waals surface area contributed by atoms with Crippen LogP contribution in [0.4, 0.5) is 0 Å². The molecule has 3 heterocycles. The Morgan fingerprint density at radius 3 is 2.44 bits per heavy atom. The highest BCUT2D eigenvalue weighted by atomic mass is 16.2. The van der Waals surface area contributed by atoms with Crippen LogP contribution in [-0.2, 0) is 0 Å². The Bertz CT molecular complexity index is 1060. The van der Waals surface area contributed by atoms with E-state index in [-0.39, 0.29) is 41.2 Å². The van der Waals surface area contributed by atoms with Crippen LogP contribution in [0.5, 0.6) is 0 Å². The molecule has 4 rings (SSSR count). The standard InChI is InChI=1S/C24H26N4O4/c1-15(2)28-23(31)19-6-5-17(12-20(19)24(28)32)21(29)26-13-16-7-10-27(11-8-16)22(30)18-4-3-9-25-14-18/h3-6,9,12,14-16H,7-8,10-11,13H2,1-2H3,(H,26,29). The fourth-order valence-corrected chi connectivity index (χ4v) is 4.22. The van der Waals surface area contributed by atoms with Gasteiger partial charge in [-0.25, -0.2) is 0 Å². The molecule has 0 atom stereocenters. The van der Waals surface area contributed by atoms with Crippen molar-refractivity contribution in [3.05, 3.63) is 65.0 Å². The summed E-state index contributed by atoms with van der Waals surface area (Å²) in [5.41, 5.74) is 1.56. The maximum absolute atomic E-state index is 12.7. The van der Waals surface area contributed by atoms with E-state index in [1.165, 1.54) is 11.0 Å². The smallest absolute Gasteiger partial charge is 0.261 e. The molecule has 1 aromatic carbocycles. The summed E-state index contributed by atoms with van der Waals surface area (Å²) in [6.07, 6.45) is 4.81. The number of carbonyl (C=O) groups excluding carboxylic acids is 4. The van der Waals surface area contributed by atoms with Gasteiger partial charge in [-0.15, -0.1) is 0 Å². The first-order valence-corrected chi connectivity index (χ1v) is 10.9. The van der Waals surface area contributed by atoms with Gasteiger partial charge >= 0.3 is 0 Å². The third-order valence-electron chi connectivity index (χ3n) is 6.06. The van der Waals surface area contributed by atoms with Crippen molar-refractivity contribution >= 4 is 23.6 Å². The van der Waals surface area contributed by atoms with Crippen molar-refractivity contribution in [3.63, 3.8) is 0 Å². The van der Waals surface area contributed by atoms with Crippen LogP contribution in [0.2, 0.25) is 0 Å². The van der Waals surface area contributed by atoms with E-state index in [0.717, 1.165) is 12.8 Å². The lowest BCUT2D eigenvalue weighted by Crippen LogP contribution is -2.41. The molecule has 2 aliphatic rings. The van der Waals surface area contributed by atoms with Gasteiger partial charge in [0.2, 0.25) is 0 Å². The lowest BCUT2D eigenvalue weighted by molar-refractivity contribution is 0.0607. The number of pyridine rings is 1. The lowest BCUT2D eigenvalue weighted by atomic mass is 9.96. The number of fused-ring (bicyclic) bond motifs is 1. The van der Waals surface area contributed by atoms with Crippen LogP contribution in [0, 0.1) is 5.92 Å². The monoisotopic (exact) mass is 434 g/mol. The average molecular weight is 434 g/mol. The third-order valence-corrected chi connectivity index (χ3v) is 6.06. The van der Waals surface area contributed by atoms with E-state index in [2.05, 4.69) is 10.3 Å².